The van der Waals surface area contributed by atoms with Crippen molar-refractivity contribution in [1.29, 1.82) is 0 Å². The molecular weight excluding hydrogens is 496 g/mol. The lowest BCUT2D eigenvalue weighted by atomic mass is 9.68. The molecule has 0 spiro atoms. The number of methoxy groups -OCH3 is 1. The molecule has 3 heterocycles. The molecule has 1 aliphatic heterocycles. The summed E-state index contributed by atoms with van der Waals surface area (Å²) in [6.07, 6.45) is 0.617. The first-order valence-electron chi connectivity index (χ1n) is 13.5. The number of hydrogen-bond donors (Lipinski definition) is 1. The van der Waals surface area contributed by atoms with Gasteiger partial charge in [0.2, 0.25) is 0 Å². The third-order valence-corrected chi connectivity index (χ3v) is 13.4. The standard InChI is InChI=1S/C29H48N4O4Si/c1-20-13-14-21(2)33(20)25-17-24(36-10)23(18-30-25)31-15-16-32(26(34)35)29(19-31,27(4,5)6)22(3)37-38(11,12)28(7,8)9/h13-14,17-18,22H,15-16,19H2,1-12H3,(H,34,35)/t22-,29-/m1/s1. The highest BCUT2D eigenvalue weighted by Gasteiger charge is 2.58. The van der Waals surface area contributed by atoms with Crippen molar-refractivity contribution in [3.63, 3.8) is 0 Å². The molecule has 3 rings (SSSR count). The largest absolute Gasteiger partial charge is 0.494 e. The average Bonchev–Trinajstić information content (AvgIpc) is 3.14. The summed E-state index contributed by atoms with van der Waals surface area (Å²) in [5, 5.41) is 10.4. The van der Waals surface area contributed by atoms with Gasteiger partial charge in [0.05, 0.1) is 30.6 Å². The summed E-state index contributed by atoms with van der Waals surface area (Å²) in [5.74, 6) is 1.51. The quantitative estimate of drug-likeness (QED) is 0.419. The molecule has 2 atom stereocenters. The third kappa shape index (κ3) is 5.19. The predicted molar refractivity (Wildman–Crippen MR) is 156 cm³/mol. The van der Waals surface area contributed by atoms with Gasteiger partial charge in [-0.05, 0) is 56.5 Å². The molecule has 0 radical (unpaired) electrons. The van der Waals surface area contributed by atoms with Crippen LogP contribution < -0.4 is 9.64 Å². The lowest BCUT2D eigenvalue weighted by Gasteiger charge is -2.60. The molecular formula is C29H48N4O4Si. The highest BCUT2D eigenvalue weighted by molar-refractivity contribution is 6.74. The Bertz CT molecular complexity index is 1140. The van der Waals surface area contributed by atoms with Crippen LogP contribution in [0.4, 0.5) is 10.5 Å². The highest BCUT2D eigenvalue weighted by atomic mass is 28.4. The molecule has 0 aliphatic carbocycles. The van der Waals surface area contributed by atoms with Gasteiger partial charge in [-0.3, -0.25) is 4.90 Å². The fraction of sp³-hybridized carbons (Fsp3) is 0.655. The van der Waals surface area contributed by atoms with Crippen molar-refractivity contribution in [3.8, 4) is 11.6 Å². The molecule has 1 fully saturated rings. The predicted octanol–water partition coefficient (Wildman–Crippen LogP) is 6.49. The summed E-state index contributed by atoms with van der Waals surface area (Å²) in [6.45, 7) is 25.0. The number of hydrogen-bond acceptors (Lipinski definition) is 5. The SMILES string of the molecule is COc1cc(-n2c(C)ccc2C)ncc1N1CCN(C(=O)O)[C@]([C@@H](C)O[Si](C)(C)C(C)(C)C)(C(C)(C)C)C1. The number of aryl methyl sites for hydroxylation is 2. The Balaban J connectivity index is 2.10. The molecule has 0 unspecified atom stereocenters. The van der Waals surface area contributed by atoms with Crippen LogP contribution in [0.15, 0.2) is 24.4 Å². The normalized spacial score (nSPS) is 20.0. The van der Waals surface area contributed by atoms with Gasteiger partial charge < -0.3 is 23.7 Å². The van der Waals surface area contributed by atoms with Crippen LogP contribution in [-0.2, 0) is 4.43 Å². The Morgan fingerprint density at radius 3 is 2.16 bits per heavy atom. The van der Waals surface area contributed by atoms with Crippen LogP contribution in [0, 0.1) is 19.3 Å². The van der Waals surface area contributed by atoms with Gasteiger partial charge in [0.1, 0.15) is 11.6 Å². The van der Waals surface area contributed by atoms with E-state index in [1.165, 1.54) is 0 Å². The van der Waals surface area contributed by atoms with Crippen LogP contribution in [0.1, 0.15) is 59.9 Å². The van der Waals surface area contributed by atoms with E-state index in [9.17, 15) is 9.90 Å². The van der Waals surface area contributed by atoms with E-state index in [2.05, 4.69) is 97.0 Å². The third-order valence-electron chi connectivity index (χ3n) is 8.88. The van der Waals surface area contributed by atoms with E-state index in [-0.39, 0.29) is 11.1 Å². The van der Waals surface area contributed by atoms with Crippen molar-refractivity contribution in [2.24, 2.45) is 5.41 Å². The summed E-state index contributed by atoms with van der Waals surface area (Å²) in [6, 6.07) is 6.11. The lowest BCUT2D eigenvalue weighted by Crippen LogP contribution is -2.74. The molecule has 8 nitrogen and oxygen atoms in total. The lowest BCUT2D eigenvalue weighted by molar-refractivity contribution is -0.0765. The van der Waals surface area contributed by atoms with E-state index < -0.39 is 25.4 Å². The molecule has 2 aromatic rings. The van der Waals surface area contributed by atoms with E-state index in [1.807, 2.05) is 12.3 Å². The van der Waals surface area contributed by atoms with Crippen molar-refractivity contribution >= 4 is 20.1 Å². The summed E-state index contributed by atoms with van der Waals surface area (Å²) < 4.78 is 14.9. The maximum absolute atomic E-state index is 12.7. The number of nitrogens with zero attached hydrogens (tertiary/aromatic N) is 4. The minimum absolute atomic E-state index is 0.000436. The van der Waals surface area contributed by atoms with Gasteiger partial charge in [0, 0.05) is 37.1 Å². The number of carboxylic acid groups (broad SMARTS) is 1. The molecule has 212 valence electrons. The van der Waals surface area contributed by atoms with E-state index >= 15 is 0 Å². The topological polar surface area (TPSA) is 80.1 Å². The molecule has 1 aliphatic rings. The first-order chi connectivity index (χ1) is 17.4. The fourth-order valence-corrected chi connectivity index (χ4v) is 7.07. The summed E-state index contributed by atoms with van der Waals surface area (Å²) >= 11 is 0. The zero-order chi connectivity index (χ0) is 28.8. The number of piperazine rings is 1. The molecule has 2 aromatic heterocycles. The second-order valence-corrected chi connectivity index (χ2v) is 18.0. The Morgan fingerprint density at radius 2 is 1.68 bits per heavy atom. The van der Waals surface area contributed by atoms with Gasteiger partial charge in [-0.1, -0.05) is 41.5 Å². The Hall–Kier alpha value is -2.52. The van der Waals surface area contributed by atoms with E-state index in [4.69, 9.17) is 14.1 Å². The second kappa shape index (κ2) is 10.2. The smallest absolute Gasteiger partial charge is 0.407 e. The fourth-order valence-electron chi connectivity index (χ4n) is 5.64. The van der Waals surface area contributed by atoms with Crippen LogP contribution in [0.2, 0.25) is 18.1 Å². The number of anilines is 1. The van der Waals surface area contributed by atoms with Crippen molar-refractivity contribution in [2.75, 3.05) is 31.6 Å². The summed E-state index contributed by atoms with van der Waals surface area (Å²) in [4.78, 5) is 21.4. The van der Waals surface area contributed by atoms with Crippen LogP contribution >= 0.6 is 0 Å². The Morgan fingerprint density at radius 1 is 1.11 bits per heavy atom. The molecule has 38 heavy (non-hydrogen) atoms. The van der Waals surface area contributed by atoms with Gasteiger partial charge in [-0.15, -0.1) is 0 Å². The highest BCUT2D eigenvalue weighted by Crippen LogP contribution is 2.47. The zero-order valence-electron chi connectivity index (χ0n) is 25.5. The molecule has 1 N–H and O–H groups in total. The first-order valence-corrected chi connectivity index (χ1v) is 16.4. The van der Waals surface area contributed by atoms with Crippen molar-refractivity contribution in [1.82, 2.24) is 14.5 Å². The molecule has 0 bridgehead atoms. The maximum atomic E-state index is 12.7. The van der Waals surface area contributed by atoms with E-state index in [0.717, 1.165) is 22.9 Å². The van der Waals surface area contributed by atoms with Gasteiger partial charge in [0.15, 0.2) is 8.32 Å². The maximum Gasteiger partial charge on any atom is 0.407 e. The summed E-state index contributed by atoms with van der Waals surface area (Å²) in [5.41, 5.74) is 1.85. The molecule has 0 saturated carbocycles. The van der Waals surface area contributed by atoms with Crippen LogP contribution in [0.3, 0.4) is 0 Å². The number of ether oxygens (including phenoxy) is 1. The van der Waals surface area contributed by atoms with Gasteiger partial charge >= 0.3 is 6.09 Å². The van der Waals surface area contributed by atoms with Crippen molar-refractivity contribution < 1.29 is 19.1 Å². The number of aromatic nitrogens is 2. The van der Waals surface area contributed by atoms with Gasteiger partial charge in [0.25, 0.3) is 0 Å². The van der Waals surface area contributed by atoms with Gasteiger partial charge in [-0.25, -0.2) is 9.78 Å². The van der Waals surface area contributed by atoms with E-state index in [1.54, 1.807) is 12.0 Å². The average molecular weight is 545 g/mol. The van der Waals surface area contributed by atoms with Crippen LogP contribution in [-0.4, -0.2) is 72.4 Å². The van der Waals surface area contributed by atoms with E-state index in [0.29, 0.717) is 25.4 Å². The van der Waals surface area contributed by atoms with Gasteiger partial charge in [-0.2, -0.15) is 0 Å². The van der Waals surface area contributed by atoms with Crippen LogP contribution in [0.25, 0.3) is 5.82 Å². The van der Waals surface area contributed by atoms with Crippen molar-refractivity contribution in [3.05, 3.63) is 35.8 Å². The number of carbonyl (C=O) groups is 1. The second-order valence-electron chi connectivity index (χ2n) is 13.2. The van der Waals surface area contributed by atoms with Crippen molar-refractivity contribution in [2.45, 2.75) is 92.1 Å². The van der Waals surface area contributed by atoms with Crippen LogP contribution in [0.5, 0.6) is 5.75 Å². The summed E-state index contributed by atoms with van der Waals surface area (Å²) in [7, 11) is -0.516. The first kappa shape index (κ1) is 30.0. The Kier molecular flexibility index (Phi) is 8.08. The molecule has 9 heteroatoms. The number of pyridine rings is 1. The number of rotatable bonds is 6. The Labute approximate surface area is 230 Å². The molecule has 1 saturated heterocycles. The minimum Gasteiger partial charge on any atom is -0.494 e. The zero-order valence-corrected chi connectivity index (χ0v) is 26.5. The molecule has 1 amide bonds. The molecule has 0 aromatic carbocycles. The number of amides is 1. The monoisotopic (exact) mass is 544 g/mol. The minimum atomic E-state index is -2.19.